The van der Waals surface area contributed by atoms with E-state index in [4.69, 9.17) is 0 Å². The first-order valence-corrected chi connectivity index (χ1v) is 12.1. The highest BCUT2D eigenvalue weighted by atomic mass is 32.2. The van der Waals surface area contributed by atoms with Gasteiger partial charge in [0.05, 0.1) is 14.0 Å². The second kappa shape index (κ2) is 7.36. The van der Waals surface area contributed by atoms with E-state index in [1.807, 2.05) is 25.1 Å². The number of rotatable bonds is 6. The van der Waals surface area contributed by atoms with Crippen LogP contribution in [0.5, 0.6) is 0 Å². The van der Waals surface area contributed by atoms with Crippen molar-refractivity contribution in [2.75, 3.05) is 6.26 Å². The van der Waals surface area contributed by atoms with Crippen LogP contribution < -0.4 is 5.19 Å². The maximum Gasteiger partial charge on any atom is 0.306 e. The molecular formula is C19H24O2SSi. The third-order valence-electron chi connectivity index (χ3n) is 4.66. The summed E-state index contributed by atoms with van der Waals surface area (Å²) in [6.07, 6.45) is 2.05. The van der Waals surface area contributed by atoms with Crippen LogP contribution in [0, 0.1) is 5.92 Å². The van der Waals surface area contributed by atoms with Gasteiger partial charge < -0.3 is 5.11 Å². The molecule has 2 aromatic rings. The molecule has 0 saturated carbocycles. The Morgan fingerprint density at radius 3 is 2.09 bits per heavy atom. The zero-order valence-electron chi connectivity index (χ0n) is 14.1. The minimum absolute atomic E-state index is 0.0401. The highest BCUT2D eigenvalue weighted by Crippen LogP contribution is 2.35. The van der Waals surface area contributed by atoms with E-state index in [1.165, 1.54) is 10.1 Å². The van der Waals surface area contributed by atoms with E-state index in [2.05, 4.69) is 55.7 Å². The van der Waals surface area contributed by atoms with Crippen molar-refractivity contribution in [3.05, 3.63) is 60.2 Å². The maximum absolute atomic E-state index is 11.7. The SMILES string of the molecule is CSc1ccc([C@H]([C@@H](C)C(=O)O)[Si](C)(C)c2ccccc2)cc1. The van der Waals surface area contributed by atoms with Gasteiger partial charge in [-0.3, -0.25) is 4.79 Å². The fourth-order valence-electron chi connectivity index (χ4n) is 3.33. The summed E-state index contributed by atoms with van der Waals surface area (Å²) < 4.78 is 0. The Balaban J connectivity index is 2.51. The van der Waals surface area contributed by atoms with Crippen molar-refractivity contribution in [3.8, 4) is 0 Å². The van der Waals surface area contributed by atoms with E-state index in [0.29, 0.717) is 0 Å². The van der Waals surface area contributed by atoms with Crippen LogP contribution in [-0.4, -0.2) is 25.4 Å². The van der Waals surface area contributed by atoms with Gasteiger partial charge >= 0.3 is 5.97 Å². The lowest BCUT2D eigenvalue weighted by molar-refractivity contribution is -0.141. The molecule has 0 aliphatic heterocycles. The van der Waals surface area contributed by atoms with Crippen molar-refractivity contribution in [2.24, 2.45) is 5.92 Å². The van der Waals surface area contributed by atoms with E-state index in [-0.39, 0.29) is 5.54 Å². The van der Waals surface area contributed by atoms with E-state index >= 15 is 0 Å². The highest BCUT2D eigenvalue weighted by molar-refractivity contribution is 7.98. The Morgan fingerprint density at radius 2 is 1.61 bits per heavy atom. The van der Waals surface area contributed by atoms with Gasteiger partial charge in [0.1, 0.15) is 0 Å². The number of thioether (sulfide) groups is 1. The van der Waals surface area contributed by atoms with Crippen molar-refractivity contribution in [1.29, 1.82) is 0 Å². The van der Waals surface area contributed by atoms with Gasteiger partial charge in [0.15, 0.2) is 0 Å². The van der Waals surface area contributed by atoms with Crippen LogP contribution >= 0.6 is 11.8 Å². The number of carboxylic acids is 1. The fourth-order valence-corrected chi connectivity index (χ4v) is 7.57. The van der Waals surface area contributed by atoms with E-state index in [9.17, 15) is 9.90 Å². The van der Waals surface area contributed by atoms with Crippen molar-refractivity contribution in [1.82, 2.24) is 0 Å². The van der Waals surface area contributed by atoms with E-state index in [1.54, 1.807) is 11.8 Å². The molecule has 0 spiro atoms. The summed E-state index contributed by atoms with van der Waals surface area (Å²) in [6.45, 7) is 6.39. The predicted octanol–water partition coefficient (Wildman–Crippen LogP) is 4.37. The third kappa shape index (κ3) is 3.87. The molecule has 0 aliphatic rings. The van der Waals surface area contributed by atoms with Gasteiger partial charge in [0.25, 0.3) is 0 Å². The smallest absolute Gasteiger partial charge is 0.306 e. The molecule has 0 radical (unpaired) electrons. The number of hydrogen-bond donors (Lipinski definition) is 1. The standard InChI is InChI=1S/C19H24O2SSi/c1-14(19(20)21)18(15-10-12-16(22-2)13-11-15)23(3,4)17-8-6-5-7-9-17/h5-14,18H,1-4H3,(H,20,21)/t14-,18+/m1/s1. The molecule has 2 aromatic carbocycles. The first kappa shape index (κ1) is 17.8. The van der Waals surface area contributed by atoms with Crippen LogP contribution in [0.1, 0.15) is 18.0 Å². The topological polar surface area (TPSA) is 37.3 Å². The summed E-state index contributed by atoms with van der Waals surface area (Å²) in [5.74, 6) is -1.13. The Hall–Kier alpha value is -1.52. The molecule has 0 unspecified atom stereocenters. The van der Waals surface area contributed by atoms with Crippen molar-refractivity contribution in [2.45, 2.75) is 30.5 Å². The quantitative estimate of drug-likeness (QED) is 0.624. The summed E-state index contributed by atoms with van der Waals surface area (Å²) in [5.41, 5.74) is 1.18. The van der Waals surface area contributed by atoms with Crippen LogP contribution in [0.25, 0.3) is 0 Å². The maximum atomic E-state index is 11.7. The van der Waals surface area contributed by atoms with Crippen molar-refractivity contribution in [3.63, 3.8) is 0 Å². The minimum Gasteiger partial charge on any atom is -0.481 e. The first-order chi connectivity index (χ1) is 10.9. The average Bonchev–Trinajstić information content (AvgIpc) is 2.56. The van der Waals surface area contributed by atoms with E-state index < -0.39 is 20.0 Å². The number of benzene rings is 2. The van der Waals surface area contributed by atoms with Gasteiger partial charge in [-0.2, -0.15) is 0 Å². The summed E-state index contributed by atoms with van der Waals surface area (Å²) >= 11 is 1.70. The molecule has 0 fully saturated rings. The number of aliphatic carboxylic acids is 1. The molecule has 2 atom stereocenters. The molecule has 4 heteroatoms. The number of carboxylic acid groups (broad SMARTS) is 1. The van der Waals surface area contributed by atoms with Gasteiger partial charge in [-0.25, -0.2) is 0 Å². The Morgan fingerprint density at radius 1 is 1.04 bits per heavy atom. The Labute approximate surface area is 144 Å². The van der Waals surface area contributed by atoms with Crippen LogP contribution in [-0.2, 0) is 4.79 Å². The minimum atomic E-state index is -1.99. The molecular weight excluding hydrogens is 320 g/mol. The zero-order chi connectivity index (χ0) is 17.0. The lowest BCUT2D eigenvalue weighted by Gasteiger charge is -2.36. The van der Waals surface area contributed by atoms with Crippen LogP contribution in [0.15, 0.2) is 59.5 Å². The van der Waals surface area contributed by atoms with Crippen molar-refractivity contribution >= 4 is 31.0 Å². The predicted molar refractivity (Wildman–Crippen MR) is 101 cm³/mol. The zero-order valence-corrected chi connectivity index (χ0v) is 15.9. The Kier molecular flexibility index (Phi) is 5.71. The normalized spacial score (nSPS) is 14.3. The molecule has 2 rings (SSSR count). The Bertz CT molecular complexity index is 653. The van der Waals surface area contributed by atoms with Crippen LogP contribution in [0.2, 0.25) is 13.1 Å². The van der Waals surface area contributed by atoms with Gasteiger partial charge in [-0.15, -0.1) is 11.8 Å². The molecule has 0 aromatic heterocycles. The largest absolute Gasteiger partial charge is 0.481 e. The monoisotopic (exact) mass is 344 g/mol. The summed E-state index contributed by atoms with van der Waals surface area (Å²) in [6, 6.07) is 18.8. The third-order valence-corrected chi connectivity index (χ3v) is 9.61. The second-order valence-electron chi connectivity index (χ2n) is 6.47. The first-order valence-electron chi connectivity index (χ1n) is 7.80. The molecule has 122 valence electrons. The number of hydrogen-bond acceptors (Lipinski definition) is 2. The lowest BCUT2D eigenvalue weighted by atomic mass is 10.0. The molecule has 23 heavy (non-hydrogen) atoms. The van der Waals surface area contributed by atoms with Crippen LogP contribution in [0.3, 0.4) is 0 Å². The summed E-state index contributed by atoms with van der Waals surface area (Å²) in [7, 11) is -1.99. The summed E-state index contributed by atoms with van der Waals surface area (Å²) in [5, 5.41) is 10.9. The van der Waals surface area contributed by atoms with Gasteiger partial charge in [-0.05, 0) is 29.5 Å². The molecule has 0 bridgehead atoms. The molecule has 1 N–H and O–H groups in total. The fraction of sp³-hybridized carbons (Fsp3) is 0.316. The van der Waals surface area contributed by atoms with Gasteiger partial charge in [0, 0.05) is 4.90 Å². The van der Waals surface area contributed by atoms with E-state index in [0.717, 1.165) is 5.56 Å². The summed E-state index contributed by atoms with van der Waals surface area (Å²) in [4.78, 5) is 12.9. The second-order valence-corrected chi connectivity index (χ2v) is 12.0. The molecule has 0 amide bonds. The van der Waals surface area contributed by atoms with Gasteiger partial charge in [-0.1, -0.05) is 67.7 Å². The molecule has 2 nitrogen and oxygen atoms in total. The molecule has 0 aliphatic carbocycles. The highest BCUT2D eigenvalue weighted by Gasteiger charge is 2.40. The number of carbonyl (C=O) groups is 1. The lowest BCUT2D eigenvalue weighted by Crippen LogP contribution is -2.51. The van der Waals surface area contributed by atoms with Crippen LogP contribution in [0.4, 0.5) is 0 Å². The molecule has 0 saturated heterocycles. The van der Waals surface area contributed by atoms with Crippen molar-refractivity contribution < 1.29 is 9.90 Å². The molecule has 0 heterocycles. The average molecular weight is 345 g/mol. The van der Waals surface area contributed by atoms with Gasteiger partial charge in [0.2, 0.25) is 0 Å².